The molecular formula is C19H21BrFNO4. The number of ether oxygens (including phenoxy) is 3. The number of carbonyl (C=O) groups is 1. The van der Waals surface area contributed by atoms with E-state index in [9.17, 15) is 9.18 Å². The van der Waals surface area contributed by atoms with Crippen LogP contribution in [0, 0.1) is 5.82 Å². The minimum Gasteiger partial charge on any atom is -0.497 e. The molecule has 0 heterocycles. The highest BCUT2D eigenvalue weighted by Crippen LogP contribution is 2.28. The second kappa shape index (κ2) is 10.0. The molecule has 0 aliphatic carbocycles. The Morgan fingerprint density at radius 2 is 1.96 bits per heavy atom. The zero-order valence-electron chi connectivity index (χ0n) is 14.7. The van der Waals surface area contributed by atoms with Crippen molar-refractivity contribution in [3.63, 3.8) is 0 Å². The summed E-state index contributed by atoms with van der Waals surface area (Å²) in [5.74, 6) is 1.03. The third kappa shape index (κ3) is 5.36. The molecule has 140 valence electrons. The molecular weight excluding hydrogens is 405 g/mol. The van der Waals surface area contributed by atoms with Gasteiger partial charge in [-0.25, -0.2) is 4.39 Å². The van der Waals surface area contributed by atoms with Crippen LogP contribution in [0.3, 0.4) is 0 Å². The number of methoxy groups -OCH3 is 2. The molecule has 0 atom stereocenters. The Morgan fingerprint density at radius 3 is 2.65 bits per heavy atom. The maximum atomic E-state index is 14.4. The van der Waals surface area contributed by atoms with Gasteiger partial charge in [0.2, 0.25) is 0 Å². The summed E-state index contributed by atoms with van der Waals surface area (Å²) in [6, 6.07) is 8.68. The first kappa shape index (κ1) is 20.0. The SMILES string of the molecule is COc1ccc(CNc2cc(Br)c(CCCOC=O)cc2F)c(OC)c1. The van der Waals surface area contributed by atoms with Gasteiger partial charge in [0.15, 0.2) is 0 Å². The van der Waals surface area contributed by atoms with Gasteiger partial charge in [-0.1, -0.05) is 15.9 Å². The van der Waals surface area contributed by atoms with E-state index >= 15 is 0 Å². The lowest BCUT2D eigenvalue weighted by molar-refractivity contribution is -0.128. The van der Waals surface area contributed by atoms with Crippen molar-refractivity contribution in [3.8, 4) is 11.5 Å². The van der Waals surface area contributed by atoms with E-state index in [4.69, 9.17) is 9.47 Å². The maximum absolute atomic E-state index is 14.4. The third-order valence-corrected chi connectivity index (χ3v) is 4.61. The quantitative estimate of drug-likeness (QED) is 0.453. The van der Waals surface area contributed by atoms with Gasteiger partial charge in [-0.05, 0) is 42.7 Å². The van der Waals surface area contributed by atoms with E-state index < -0.39 is 0 Å². The predicted octanol–water partition coefficient (Wildman–Crippen LogP) is 4.32. The fourth-order valence-corrected chi connectivity index (χ4v) is 3.04. The van der Waals surface area contributed by atoms with Crippen molar-refractivity contribution < 1.29 is 23.4 Å². The lowest BCUT2D eigenvalue weighted by atomic mass is 10.1. The minimum absolute atomic E-state index is 0.314. The van der Waals surface area contributed by atoms with Gasteiger partial charge < -0.3 is 19.5 Å². The molecule has 2 aromatic rings. The molecule has 2 aromatic carbocycles. The molecule has 1 N–H and O–H groups in total. The lowest BCUT2D eigenvalue weighted by Gasteiger charge is -2.14. The summed E-state index contributed by atoms with van der Waals surface area (Å²) >= 11 is 3.47. The van der Waals surface area contributed by atoms with E-state index in [0.717, 1.165) is 15.6 Å². The van der Waals surface area contributed by atoms with Crippen LogP contribution in [-0.4, -0.2) is 27.3 Å². The number of nitrogens with one attached hydrogen (secondary N) is 1. The van der Waals surface area contributed by atoms with Gasteiger partial charge in [-0.2, -0.15) is 0 Å². The molecule has 2 rings (SSSR count). The van der Waals surface area contributed by atoms with Crippen LogP contribution in [0.15, 0.2) is 34.8 Å². The van der Waals surface area contributed by atoms with E-state index in [1.165, 1.54) is 6.07 Å². The molecule has 0 bridgehead atoms. The first-order valence-electron chi connectivity index (χ1n) is 8.07. The largest absolute Gasteiger partial charge is 0.497 e. The third-order valence-electron chi connectivity index (χ3n) is 3.88. The molecule has 0 fully saturated rings. The van der Waals surface area contributed by atoms with Gasteiger partial charge >= 0.3 is 0 Å². The van der Waals surface area contributed by atoms with Gasteiger partial charge in [0.05, 0.1) is 26.5 Å². The molecule has 0 amide bonds. The summed E-state index contributed by atoms with van der Waals surface area (Å²) < 4.78 is 30.4. The second-order valence-corrected chi connectivity index (χ2v) is 6.38. The molecule has 0 spiro atoms. The molecule has 0 unspecified atom stereocenters. The summed E-state index contributed by atoms with van der Waals surface area (Å²) in [5.41, 5.74) is 2.10. The van der Waals surface area contributed by atoms with Crippen LogP contribution in [0.5, 0.6) is 11.5 Å². The molecule has 0 radical (unpaired) electrons. The minimum atomic E-state index is -0.341. The molecule has 7 heteroatoms. The number of hydrogen-bond acceptors (Lipinski definition) is 5. The van der Waals surface area contributed by atoms with Crippen molar-refractivity contribution in [1.82, 2.24) is 0 Å². The van der Waals surface area contributed by atoms with E-state index in [1.54, 1.807) is 26.4 Å². The number of rotatable bonds is 10. The average molecular weight is 426 g/mol. The Labute approximate surface area is 160 Å². The van der Waals surface area contributed by atoms with Crippen molar-refractivity contribution >= 4 is 28.1 Å². The molecule has 0 aliphatic rings. The zero-order valence-corrected chi connectivity index (χ0v) is 16.3. The van der Waals surface area contributed by atoms with E-state index in [0.29, 0.717) is 49.7 Å². The summed E-state index contributed by atoms with van der Waals surface area (Å²) in [6.45, 7) is 1.13. The van der Waals surface area contributed by atoms with Crippen molar-refractivity contribution in [3.05, 3.63) is 51.7 Å². The van der Waals surface area contributed by atoms with Crippen LogP contribution in [0.25, 0.3) is 0 Å². The lowest BCUT2D eigenvalue weighted by Crippen LogP contribution is -2.05. The summed E-state index contributed by atoms with van der Waals surface area (Å²) in [6.07, 6.45) is 1.24. The second-order valence-electron chi connectivity index (χ2n) is 5.53. The number of carbonyl (C=O) groups excluding carboxylic acids is 1. The number of benzene rings is 2. The van der Waals surface area contributed by atoms with Crippen LogP contribution in [0.4, 0.5) is 10.1 Å². The Kier molecular flexibility index (Phi) is 7.72. The molecule has 26 heavy (non-hydrogen) atoms. The zero-order chi connectivity index (χ0) is 18.9. The maximum Gasteiger partial charge on any atom is 0.293 e. The normalized spacial score (nSPS) is 10.3. The molecule has 0 aliphatic heterocycles. The Morgan fingerprint density at radius 1 is 1.15 bits per heavy atom. The number of aryl methyl sites for hydroxylation is 1. The van der Waals surface area contributed by atoms with Crippen molar-refractivity contribution in [1.29, 1.82) is 0 Å². The van der Waals surface area contributed by atoms with Crippen molar-refractivity contribution in [2.45, 2.75) is 19.4 Å². The van der Waals surface area contributed by atoms with Gasteiger partial charge in [-0.15, -0.1) is 0 Å². The average Bonchev–Trinajstić information content (AvgIpc) is 2.66. The highest BCUT2D eigenvalue weighted by Gasteiger charge is 2.10. The monoisotopic (exact) mass is 425 g/mol. The van der Waals surface area contributed by atoms with Gasteiger partial charge in [0, 0.05) is 22.6 Å². The molecule has 5 nitrogen and oxygen atoms in total. The van der Waals surface area contributed by atoms with E-state index in [2.05, 4.69) is 26.0 Å². The van der Waals surface area contributed by atoms with Crippen molar-refractivity contribution in [2.24, 2.45) is 0 Å². The van der Waals surface area contributed by atoms with Gasteiger partial charge in [0.25, 0.3) is 6.47 Å². The standard InChI is InChI=1S/C19H21BrFNO4/c1-24-15-6-5-14(19(9-15)25-2)11-22-18-10-16(20)13(8-17(18)21)4-3-7-26-12-23/h5-6,8-10,12,22H,3-4,7,11H2,1-2H3. The van der Waals surface area contributed by atoms with Crippen molar-refractivity contribution in [2.75, 3.05) is 26.1 Å². The van der Waals surface area contributed by atoms with Crippen LogP contribution in [0.2, 0.25) is 0 Å². The fraction of sp³-hybridized carbons (Fsp3) is 0.316. The first-order valence-corrected chi connectivity index (χ1v) is 8.86. The number of hydrogen-bond donors (Lipinski definition) is 1. The van der Waals surface area contributed by atoms with Crippen LogP contribution < -0.4 is 14.8 Å². The van der Waals surface area contributed by atoms with Crippen LogP contribution in [-0.2, 0) is 22.5 Å². The summed E-state index contributed by atoms with van der Waals surface area (Å²) in [4.78, 5) is 10.1. The first-order chi connectivity index (χ1) is 12.6. The Bertz CT molecular complexity index is 755. The molecule has 0 saturated carbocycles. The highest BCUT2D eigenvalue weighted by atomic mass is 79.9. The Hall–Kier alpha value is -2.28. The number of anilines is 1. The number of halogens is 2. The molecule has 0 saturated heterocycles. The Balaban J connectivity index is 2.06. The fourth-order valence-electron chi connectivity index (χ4n) is 2.50. The van der Waals surface area contributed by atoms with E-state index in [1.807, 2.05) is 12.1 Å². The topological polar surface area (TPSA) is 56.8 Å². The smallest absolute Gasteiger partial charge is 0.293 e. The summed E-state index contributed by atoms with van der Waals surface area (Å²) in [7, 11) is 3.17. The predicted molar refractivity (Wildman–Crippen MR) is 101 cm³/mol. The van der Waals surface area contributed by atoms with E-state index in [-0.39, 0.29) is 5.82 Å². The highest BCUT2D eigenvalue weighted by molar-refractivity contribution is 9.10. The van der Waals surface area contributed by atoms with Gasteiger partial charge in [0.1, 0.15) is 17.3 Å². The van der Waals surface area contributed by atoms with Gasteiger partial charge in [-0.3, -0.25) is 4.79 Å². The van der Waals surface area contributed by atoms with Crippen LogP contribution in [0.1, 0.15) is 17.5 Å². The van der Waals surface area contributed by atoms with Crippen LogP contribution >= 0.6 is 15.9 Å². The molecule has 0 aromatic heterocycles. The summed E-state index contributed by atoms with van der Waals surface area (Å²) in [5, 5.41) is 3.09.